The van der Waals surface area contributed by atoms with Gasteiger partial charge in [0.1, 0.15) is 0 Å². The molecule has 0 saturated heterocycles. The van der Waals surface area contributed by atoms with E-state index in [1.165, 1.54) is 5.56 Å². The van der Waals surface area contributed by atoms with Crippen LogP contribution in [0.2, 0.25) is 0 Å². The van der Waals surface area contributed by atoms with Gasteiger partial charge in [-0.05, 0) is 43.0 Å². The number of carbonyl (C=O) groups is 1. The van der Waals surface area contributed by atoms with Crippen molar-refractivity contribution in [3.63, 3.8) is 0 Å². The third-order valence-corrected chi connectivity index (χ3v) is 3.28. The number of hydrogen-bond donors (Lipinski definition) is 2. The van der Waals surface area contributed by atoms with Crippen LogP contribution in [-0.2, 0) is 11.3 Å². The summed E-state index contributed by atoms with van der Waals surface area (Å²) < 4.78 is 0. The Bertz CT molecular complexity index is 416. The van der Waals surface area contributed by atoms with E-state index in [1.807, 2.05) is 20.8 Å². The van der Waals surface area contributed by atoms with Crippen molar-refractivity contribution < 1.29 is 4.79 Å². The van der Waals surface area contributed by atoms with Crippen molar-refractivity contribution in [1.82, 2.24) is 0 Å². The first kappa shape index (κ1) is 13.2. The number of nitrogens with two attached hydrogens (primary N) is 1. The molecule has 1 aromatic rings. The second kappa shape index (κ2) is 5.46. The molecule has 0 spiro atoms. The molecule has 0 aromatic heterocycles. The van der Waals surface area contributed by atoms with Gasteiger partial charge in [-0.25, -0.2) is 0 Å². The molecule has 0 aliphatic heterocycles. The molecule has 0 aliphatic carbocycles. The van der Waals surface area contributed by atoms with Gasteiger partial charge < -0.3 is 11.1 Å². The molecule has 0 atom stereocenters. The van der Waals surface area contributed by atoms with Gasteiger partial charge in [-0.2, -0.15) is 0 Å². The lowest BCUT2D eigenvalue weighted by molar-refractivity contribution is -0.113. The summed E-state index contributed by atoms with van der Waals surface area (Å²) in [5, 5.41) is 3.19. The fourth-order valence-corrected chi connectivity index (χ4v) is 1.89. The molecule has 88 valence electrons. The number of rotatable bonds is 3. The predicted octanol–water partition coefficient (Wildman–Crippen LogP) is 2.40. The second-order valence-electron chi connectivity index (χ2n) is 3.87. The number of anilines is 1. The fourth-order valence-electron chi connectivity index (χ4n) is 1.75. The summed E-state index contributed by atoms with van der Waals surface area (Å²) in [4.78, 5) is 11.4. The van der Waals surface area contributed by atoms with Crippen LogP contribution in [-0.4, -0.2) is 11.2 Å². The van der Waals surface area contributed by atoms with E-state index >= 15 is 0 Å². The van der Waals surface area contributed by atoms with Crippen molar-refractivity contribution in [1.29, 1.82) is 0 Å². The van der Waals surface area contributed by atoms with Gasteiger partial charge in [-0.1, -0.05) is 22.0 Å². The minimum Gasteiger partial charge on any atom is -0.326 e. The first-order valence-electron chi connectivity index (χ1n) is 5.16. The molecule has 0 bridgehead atoms. The molecule has 3 nitrogen and oxygen atoms in total. The molecule has 0 radical (unpaired) electrons. The zero-order chi connectivity index (χ0) is 12.3. The number of carbonyl (C=O) groups excluding carboxylic acids is 1. The highest BCUT2D eigenvalue weighted by atomic mass is 79.9. The molecule has 1 amide bonds. The fraction of sp³-hybridized carbons (Fsp3) is 0.417. The maximum Gasteiger partial charge on any atom is 0.235 e. The van der Waals surface area contributed by atoms with Crippen LogP contribution in [0.1, 0.15) is 22.3 Å². The maximum absolute atomic E-state index is 11.4. The largest absolute Gasteiger partial charge is 0.326 e. The minimum absolute atomic E-state index is 0.0530. The van der Waals surface area contributed by atoms with Gasteiger partial charge in [0.25, 0.3) is 0 Å². The normalized spacial score (nSPS) is 10.3. The second-order valence-corrected chi connectivity index (χ2v) is 4.44. The lowest BCUT2D eigenvalue weighted by Crippen LogP contribution is -2.17. The molecular formula is C12H17BrN2O. The standard InChI is InChI=1S/C12H17BrN2O/c1-7-4-8(2)10(6-14)12(9(7)3)15-11(16)5-13/h4H,5-6,14H2,1-3H3,(H,15,16). The Morgan fingerprint density at radius 2 is 2.00 bits per heavy atom. The Labute approximate surface area is 105 Å². The van der Waals surface area contributed by atoms with E-state index in [2.05, 4.69) is 27.3 Å². The summed E-state index contributed by atoms with van der Waals surface area (Å²) >= 11 is 3.14. The van der Waals surface area contributed by atoms with Crippen molar-refractivity contribution in [2.75, 3.05) is 10.6 Å². The van der Waals surface area contributed by atoms with Crippen molar-refractivity contribution in [2.45, 2.75) is 27.3 Å². The Morgan fingerprint density at radius 3 is 2.50 bits per heavy atom. The number of benzene rings is 1. The number of amides is 1. The highest BCUT2D eigenvalue weighted by Gasteiger charge is 2.12. The zero-order valence-corrected chi connectivity index (χ0v) is 11.4. The van der Waals surface area contributed by atoms with E-state index in [0.717, 1.165) is 22.4 Å². The van der Waals surface area contributed by atoms with Gasteiger partial charge in [-0.15, -0.1) is 0 Å². The van der Waals surface area contributed by atoms with Crippen LogP contribution in [0.25, 0.3) is 0 Å². The van der Waals surface area contributed by atoms with Gasteiger partial charge in [0, 0.05) is 12.2 Å². The van der Waals surface area contributed by atoms with E-state index in [4.69, 9.17) is 5.73 Å². The van der Waals surface area contributed by atoms with Crippen LogP contribution in [0, 0.1) is 20.8 Å². The third kappa shape index (κ3) is 2.62. The molecule has 1 aromatic carbocycles. The van der Waals surface area contributed by atoms with Gasteiger partial charge >= 0.3 is 0 Å². The SMILES string of the molecule is Cc1cc(C)c(CN)c(NC(=O)CBr)c1C. The first-order chi connectivity index (χ1) is 7.51. The number of aryl methyl sites for hydroxylation is 2. The Hall–Kier alpha value is -0.870. The number of halogens is 1. The van der Waals surface area contributed by atoms with Gasteiger partial charge in [0.05, 0.1) is 5.33 Å². The van der Waals surface area contributed by atoms with E-state index in [0.29, 0.717) is 11.9 Å². The van der Waals surface area contributed by atoms with Crippen molar-refractivity contribution in [3.8, 4) is 0 Å². The van der Waals surface area contributed by atoms with Crippen LogP contribution < -0.4 is 11.1 Å². The topological polar surface area (TPSA) is 55.1 Å². The quantitative estimate of drug-likeness (QED) is 0.838. The molecule has 0 heterocycles. The molecular weight excluding hydrogens is 268 g/mol. The Kier molecular flexibility index (Phi) is 4.50. The smallest absolute Gasteiger partial charge is 0.235 e. The summed E-state index contributed by atoms with van der Waals surface area (Å²) in [7, 11) is 0. The van der Waals surface area contributed by atoms with Crippen LogP contribution in [0.5, 0.6) is 0 Å². The minimum atomic E-state index is -0.0530. The number of nitrogens with one attached hydrogen (secondary N) is 1. The van der Waals surface area contributed by atoms with Crippen LogP contribution in [0.3, 0.4) is 0 Å². The molecule has 4 heteroatoms. The average Bonchev–Trinajstić information content (AvgIpc) is 2.25. The zero-order valence-electron chi connectivity index (χ0n) is 9.86. The summed E-state index contributed by atoms with van der Waals surface area (Å²) in [6.07, 6.45) is 0. The van der Waals surface area contributed by atoms with Gasteiger partial charge in [0.2, 0.25) is 5.91 Å². The first-order valence-corrected chi connectivity index (χ1v) is 6.29. The van der Waals surface area contributed by atoms with Gasteiger partial charge in [0.15, 0.2) is 0 Å². The highest BCUT2D eigenvalue weighted by Crippen LogP contribution is 2.27. The molecule has 1 rings (SSSR count). The molecule has 0 unspecified atom stereocenters. The monoisotopic (exact) mass is 284 g/mol. The maximum atomic E-state index is 11.4. The molecule has 0 saturated carbocycles. The van der Waals surface area contributed by atoms with E-state index < -0.39 is 0 Å². The lowest BCUT2D eigenvalue weighted by atomic mass is 9.97. The van der Waals surface area contributed by atoms with Crippen molar-refractivity contribution >= 4 is 27.5 Å². The highest BCUT2D eigenvalue weighted by molar-refractivity contribution is 9.09. The number of alkyl halides is 1. The van der Waals surface area contributed by atoms with E-state index in [9.17, 15) is 4.79 Å². The van der Waals surface area contributed by atoms with Crippen molar-refractivity contribution in [3.05, 3.63) is 28.3 Å². The molecule has 0 aliphatic rings. The number of hydrogen-bond acceptors (Lipinski definition) is 2. The summed E-state index contributed by atoms with van der Waals surface area (Å²) in [5.74, 6) is -0.0530. The molecule has 16 heavy (non-hydrogen) atoms. The summed E-state index contributed by atoms with van der Waals surface area (Å²) in [6, 6.07) is 2.10. The van der Waals surface area contributed by atoms with E-state index in [1.54, 1.807) is 0 Å². The summed E-state index contributed by atoms with van der Waals surface area (Å²) in [5.41, 5.74) is 11.0. The van der Waals surface area contributed by atoms with Crippen LogP contribution in [0.4, 0.5) is 5.69 Å². The molecule has 3 N–H and O–H groups in total. The predicted molar refractivity (Wildman–Crippen MR) is 71.0 cm³/mol. The molecule has 0 fully saturated rings. The van der Waals surface area contributed by atoms with E-state index in [-0.39, 0.29) is 5.91 Å². The van der Waals surface area contributed by atoms with Crippen molar-refractivity contribution in [2.24, 2.45) is 5.73 Å². The Morgan fingerprint density at radius 1 is 1.38 bits per heavy atom. The van der Waals surface area contributed by atoms with Crippen LogP contribution >= 0.6 is 15.9 Å². The van der Waals surface area contributed by atoms with Crippen LogP contribution in [0.15, 0.2) is 6.07 Å². The third-order valence-electron chi connectivity index (χ3n) is 2.77. The Balaban J connectivity index is 3.27. The average molecular weight is 285 g/mol. The van der Waals surface area contributed by atoms with Gasteiger partial charge in [-0.3, -0.25) is 4.79 Å². The summed E-state index contributed by atoms with van der Waals surface area (Å²) in [6.45, 7) is 6.48. The lowest BCUT2D eigenvalue weighted by Gasteiger charge is -2.17.